The molecule has 0 aromatic heterocycles. The van der Waals surface area contributed by atoms with Crippen molar-refractivity contribution in [2.45, 2.75) is 41.0 Å². The molecule has 0 spiro atoms. The van der Waals surface area contributed by atoms with Crippen LogP contribution in [0.3, 0.4) is 0 Å². The van der Waals surface area contributed by atoms with Crippen molar-refractivity contribution >= 4 is 5.91 Å². The smallest absolute Gasteiger partial charge is 0.227 e. The van der Waals surface area contributed by atoms with Gasteiger partial charge in [-0.1, -0.05) is 34.6 Å². The summed E-state index contributed by atoms with van der Waals surface area (Å²) in [6.07, 6.45) is 1.00. The van der Waals surface area contributed by atoms with E-state index in [1.807, 2.05) is 0 Å². The van der Waals surface area contributed by atoms with Gasteiger partial charge >= 0.3 is 0 Å². The quantitative estimate of drug-likeness (QED) is 0.663. The molecule has 1 aliphatic carbocycles. The third kappa shape index (κ3) is 1.18. The SMILES string of the molecule is CNC(=O)C1(C(C)(C)C)CC1(C)C. The topological polar surface area (TPSA) is 29.1 Å². The number of rotatable bonds is 1. The average molecular weight is 183 g/mol. The fraction of sp³-hybridized carbons (Fsp3) is 0.909. The molecule has 0 aromatic rings. The fourth-order valence-electron chi connectivity index (χ4n) is 2.84. The Labute approximate surface area is 81.1 Å². The molecule has 1 saturated carbocycles. The van der Waals surface area contributed by atoms with Gasteiger partial charge in [0, 0.05) is 7.05 Å². The monoisotopic (exact) mass is 183 g/mol. The van der Waals surface area contributed by atoms with E-state index in [-0.39, 0.29) is 22.2 Å². The van der Waals surface area contributed by atoms with Gasteiger partial charge < -0.3 is 5.32 Å². The number of hydrogen-bond acceptors (Lipinski definition) is 1. The first-order valence-corrected chi connectivity index (χ1v) is 4.91. The Morgan fingerprint density at radius 3 is 1.77 bits per heavy atom. The molecule has 13 heavy (non-hydrogen) atoms. The number of nitrogens with one attached hydrogen (secondary N) is 1. The van der Waals surface area contributed by atoms with E-state index in [0.717, 1.165) is 6.42 Å². The third-order valence-corrected chi connectivity index (χ3v) is 3.63. The van der Waals surface area contributed by atoms with Crippen LogP contribution in [0.25, 0.3) is 0 Å². The van der Waals surface area contributed by atoms with E-state index in [9.17, 15) is 4.79 Å². The van der Waals surface area contributed by atoms with Crippen molar-refractivity contribution in [1.29, 1.82) is 0 Å². The Morgan fingerprint density at radius 2 is 1.69 bits per heavy atom. The molecule has 1 N–H and O–H groups in total. The zero-order chi connectivity index (χ0) is 10.5. The van der Waals surface area contributed by atoms with Crippen molar-refractivity contribution in [3.63, 3.8) is 0 Å². The van der Waals surface area contributed by atoms with Crippen LogP contribution in [0.1, 0.15) is 41.0 Å². The summed E-state index contributed by atoms with van der Waals surface area (Å²) in [4.78, 5) is 11.8. The second-order valence-corrected chi connectivity index (χ2v) is 5.80. The molecule has 0 saturated heterocycles. The van der Waals surface area contributed by atoms with Crippen molar-refractivity contribution in [2.75, 3.05) is 7.05 Å². The van der Waals surface area contributed by atoms with E-state index in [2.05, 4.69) is 39.9 Å². The molecule has 1 aliphatic rings. The van der Waals surface area contributed by atoms with Gasteiger partial charge in [0.1, 0.15) is 0 Å². The second kappa shape index (κ2) is 2.49. The summed E-state index contributed by atoms with van der Waals surface area (Å²) in [6.45, 7) is 10.8. The summed E-state index contributed by atoms with van der Waals surface area (Å²) in [5, 5.41) is 2.79. The lowest BCUT2D eigenvalue weighted by atomic mass is 9.72. The van der Waals surface area contributed by atoms with Gasteiger partial charge in [-0.15, -0.1) is 0 Å². The summed E-state index contributed by atoms with van der Waals surface area (Å²) in [5.41, 5.74) is 0.0523. The molecule has 0 aromatic carbocycles. The zero-order valence-electron chi connectivity index (χ0n) is 9.62. The van der Waals surface area contributed by atoms with Crippen LogP contribution in [-0.2, 0) is 4.79 Å². The van der Waals surface area contributed by atoms with Crippen LogP contribution in [-0.4, -0.2) is 13.0 Å². The van der Waals surface area contributed by atoms with E-state index in [4.69, 9.17) is 0 Å². The Bertz CT molecular complexity index is 237. The van der Waals surface area contributed by atoms with Crippen LogP contribution >= 0.6 is 0 Å². The summed E-state index contributed by atoms with van der Waals surface area (Å²) in [6, 6.07) is 0. The number of hydrogen-bond donors (Lipinski definition) is 1. The summed E-state index contributed by atoms with van der Waals surface area (Å²) < 4.78 is 0. The highest BCUT2D eigenvalue weighted by Gasteiger charge is 2.71. The van der Waals surface area contributed by atoms with Crippen molar-refractivity contribution < 1.29 is 4.79 Å². The van der Waals surface area contributed by atoms with Crippen LogP contribution in [0.4, 0.5) is 0 Å². The average Bonchev–Trinajstić information content (AvgIpc) is 2.53. The van der Waals surface area contributed by atoms with Gasteiger partial charge in [0.25, 0.3) is 0 Å². The highest BCUT2D eigenvalue weighted by atomic mass is 16.2. The van der Waals surface area contributed by atoms with E-state index in [1.165, 1.54) is 0 Å². The fourth-order valence-corrected chi connectivity index (χ4v) is 2.84. The first-order chi connectivity index (χ1) is 5.69. The van der Waals surface area contributed by atoms with E-state index < -0.39 is 0 Å². The second-order valence-electron chi connectivity index (χ2n) is 5.80. The maximum atomic E-state index is 11.8. The molecule has 0 aliphatic heterocycles. The van der Waals surface area contributed by atoms with Gasteiger partial charge in [0.2, 0.25) is 5.91 Å². The standard InChI is InChI=1S/C11H21NO/c1-9(2,3)11(8(13)12-6)7-10(11,4)5/h7H2,1-6H3,(H,12,13). The largest absolute Gasteiger partial charge is 0.359 e. The number of carbonyl (C=O) groups is 1. The summed E-state index contributed by atoms with van der Waals surface area (Å²) >= 11 is 0. The highest BCUT2D eigenvalue weighted by molar-refractivity contribution is 5.87. The van der Waals surface area contributed by atoms with Crippen LogP contribution in [0, 0.1) is 16.2 Å². The number of carbonyl (C=O) groups excluding carboxylic acids is 1. The molecule has 1 atom stereocenters. The molecule has 0 heterocycles. The maximum absolute atomic E-state index is 11.8. The first kappa shape index (κ1) is 10.6. The Hall–Kier alpha value is -0.530. The highest BCUT2D eigenvalue weighted by Crippen LogP contribution is 2.71. The molecule has 1 amide bonds. The minimum Gasteiger partial charge on any atom is -0.359 e. The molecule has 1 fully saturated rings. The predicted octanol–water partition coefficient (Wildman–Crippen LogP) is 2.19. The normalized spacial score (nSPS) is 31.2. The van der Waals surface area contributed by atoms with Crippen LogP contribution in [0.2, 0.25) is 0 Å². The Balaban J connectivity index is 3.02. The van der Waals surface area contributed by atoms with Gasteiger partial charge in [-0.05, 0) is 17.3 Å². The van der Waals surface area contributed by atoms with Crippen molar-refractivity contribution in [2.24, 2.45) is 16.2 Å². The molecule has 2 heteroatoms. The van der Waals surface area contributed by atoms with E-state index in [1.54, 1.807) is 7.05 Å². The lowest BCUT2D eigenvalue weighted by Crippen LogP contribution is -2.41. The van der Waals surface area contributed by atoms with Gasteiger partial charge in [0.05, 0.1) is 5.41 Å². The third-order valence-electron chi connectivity index (χ3n) is 3.63. The Morgan fingerprint density at radius 1 is 1.31 bits per heavy atom. The Kier molecular flexibility index (Phi) is 2.02. The summed E-state index contributed by atoms with van der Waals surface area (Å²) in [5.74, 6) is 0.199. The number of amides is 1. The predicted molar refractivity (Wildman–Crippen MR) is 54.4 cm³/mol. The molecular formula is C11H21NO. The molecule has 76 valence electrons. The van der Waals surface area contributed by atoms with E-state index >= 15 is 0 Å². The van der Waals surface area contributed by atoms with Gasteiger partial charge in [-0.2, -0.15) is 0 Å². The van der Waals surface area contributed by atoms with Crippen molar-refractivity contribution in [3.8, 4) is 0 Å². The molecule has 1 rings (SSSR count). The molecule has 0 radical (unpaired) electrons. The zero-order valence-corrected chi connectivity index (χ0v) is 9.62. The lowest BCUT2D eigenvalue weighted by molar-refractivity contribution is -0.131. The van der Waals surface area contributed by atoms with Crippen LogP contribution < -0.4 is 5.32 Å². The minimum absolute atomic E-state index is 0.0522. The lowest BCUT2D eigenvalue weighted by Gasteiger charge is -2.32. The van der Waals surface area contributed by atoms with Crippen molar-refractivity contribution in [3.05, 3.63) is 0 Å². The first-order valence-electron chi connectivity index (χ1n) is 4.91. The van der Waals surface area contributed by atoms with Gasteiger partial charge in [-0.25, -0.2) is 0 Å². The van der Waals surface area contributed by atoms with Crippen LogP contribution in [0.15, 0.2) is 0 Å². The van der Waals surface area contributed by atoms with E-state index in [0.29, 0.717) is 0 Å². The van der Waals surface area contributed by atoms with Gasteiger partial charge in [0.15, 0.2) is 0 Å². The maximum Gasteiger partial charge on any atom is 0.227 e. The molecule has 0 bridgehead atoms. The minimum atomic E-state index is -0.158. The molecular weight excluding hydrogens is 162 g/mol. The van der Waals surface area contributed by atoms with Crippen LogP contribution in [0.5, 0.6) is 0 Å². The molecule has 2 nitrogen and oxygen atoms in total. The van der Waals surface area contributed by atoms with Crippen molar-refractivity contribution in [1.82, 2.24) is 5.32 Å². The molecule has 1 unspecified atom stereocenters. The van der Waals surface area contributed by atoms with Gasteiger partial charge in [-0.3, -0.25) is 4.79 Å². The summed E-state index contributed by atoms with van der Waals surface area (Å²) in [7, 11) is 1.73.